The molecule has 0 radical (unpaired) electrons. The maximum atomic E-state index is 12.5. The number of nitrogens with two attached hydrogens (primary N) is 1. The van der Waals surface area contributed by atoms with E-state index in [4.69, 9.17) is 27.1 Å². The lowest BCUT2D eigenvalue weighted by molar-refractivity contribution is 0.0951. The van der Waals surface area contributed by atoms with Gasteiger partial charge in [-0.05, 0) is 55.0 Å². The van der Waals surface area contributed by atoms with Crippen molar-refractivity contribution >= 4 is 87.0 Å². The zero-order valence-electron chi connectivity index (χ0n) is 26.1. The van der Waals surface area contributed by atoms with Crippen molar-refractivity contribution in [2.24, 2.45) is 10.2 Å². The van der Waals surface area contributed by atoms with E-state index in [-0.39, 0.29) is 32.7 Å². The molecular formula is C36H27ClN6O5S2. The molecule has 0 aliphatic rings. The predicted molar refractivity (Wildman–Crippen MR) is 197 cm³/mol. The van der Waals surface area contributed by atoms with Gasteiger partial charge in [-0.25, -0.2) is 4.98 Å². The minimum absolute atomic E-state index is 0.0888. The average molecular weight is 723 g/mol. The van der Waals surface area contributed by atoms with E-state index in [1.165, 1.54) is 12.3 Å². The summed E-state index contributed by atoms with van der Waals surface area (Å²) in [6, 6.07) is 26.7. The number of thiophene rings is 1. The van der Waals surface area contributed by atoms with Gasteiger partial charge in [-0.2, -0.15) is 8.42 Å². The van der Waals surface area contributed by atoms with Crippen LogP contribution in [0.1, 0.15) is 16.8 Å². The number of anilines is 1. The molecular weight excluding hydrogens is 696 g/mol. The molecule has 0 atom stereocenters. The van der Waals surface area contributed by atoms with Gasteiger partial charge in [0, 0.05) is 43.7 Å². The monoisotopic (exact) mass is 722 g/mol. The molecule has 0 aliphatic heterocycles. The highest BCUT2D eigenvalue weighted by molar-refractivity contribution is 7.86. The molecule has 3 aromatic heterocycles. The number of azo groups is 1. The summed E-state index contributed by atoms with van der Waals surface area (Å²) >= 11 is 7.69. The summed E-state index contributed by atoms with van der Waals surface area (Å²) in [6.07, 6.45) is 3.61. The quantitative estimate of drug-likeness (QED) is 0.0414. The van der Waals surface area contributed by atoms with Crippen LogP contribution in [-0.4, -0.2) is 42.0 Å². The van der Waals surface area contributed by atoms with Gasteiger partial charge in [-0.1, -0.05) is 54.1 Å². The Bertz CT molecular complexity index is 2560. The van der Waals surface area contributed by atoms with Crippen molar-refractivity contribution in [2.45, 2.75) is 11.3 Å². The van der Waals surface area contributed by atoms with Crippen LogP contribution in [0.25, 0.3) is 42.2 Å². The average Bonchev–Trinajstić information content (AvgIpc) is 3.50. The van der Waals surface area contributed by atoms with Gasteiger partial charge in [0.25, 0.3) is 16.0 Å². The summed E-state index contributed by atoms with van der Waals surface area (Å²) in [5.74, 6) is 0.327. The molecule has 4 N–H and O–H groups in total. The van der Waals surface area contributed by atoms with Crippen LogP contribution >= 0.6 is 22.9 Å². The third-order valence-corrected chi connectivity index (χ3v) is 10.4. The van der Waals surface area contributed by atoms with Crippen molar-refractivity contribution in [1.29, 1.82) is 0 Å². The molecule has 50 heavy (non-hydrogen) atoms. The highest BCUT2D eigenvalue weighted by Gasteiger charge is 2.20. The molecule has 0 unspecified atom stereocenters. The Morgan fingerprint density at radius 1 is 0.920 bits per heavy atom. The van der Waals surface area contributed by atoms with Crippen LogP contribution in [0.4, 0.5) is 17.1 Å². The molecule has 14 heteroatoms. The fourth-order valence-corrected chi connectivity index (χ4v) is 7.76. The molecule has 11 nitrogen and oxygen atoms in total. The zero-order valence-corrected chi connectivity index (χ0v) is 28.5. The number of aromatic nitrogens is 2. The van der Waals surface area contributed by atoms with E-state index in [9.17, 15) is 17.8 Å². The number of pyridine rings is 2. The van der Waals surface area contributed by atoms with Crippen molar-refractivity contribution in [3.05, 3.63) is 114 Å². The lowest BCUT2D eigenvalue weighted by Gasteiger charge is -2.13. The van der Waals surface area contributed by atoms with Gasteiger partial charge in [0.2, 0.25) is 0 Å². The van der Waals surface area contributed by atoms with Crippen LogP contribution < -0.4 is 15.8 Å². The summed E-state index contributed by atoms with van der Waals surface area (Å²) in [5, 5.41) is 14.4. The predicted octanol–water partition coefficient (Wildman–Crippen LogP) is 8.76. The van der Waals surface area contributed by atoms with E-state index in [2.05, 4.69) is 32.7 Å². The standard InChI is InChI=1S/C36H27ClN6O5S2/c37-35-26(10-5-16-39-35)36(44)40-17-6-18-48-29-15-13-25-22-7-3-4-11-30(22)49-34(25)32(29)27-14-12-21(20-41-27)42-43-28-19-31(50(45,46)47)23-8-1-2-9-24(23)33(28)38/h1-5,7-16,19-20H,6,17-18,38H2,(H,40,44)(H,45,46,47)/b43-42+. The smallest absolute Gasteiger partial charge is 0.295 e. The number of nitrogens with zero attached hydrogens (tertiary/aromatic N) is 4. The van der Waals surface area contributed by atoms with E-state index in [0.717, 1.165) is 25.7 Å². The fourth-order valence-electron chi connectivity index (χ4n) is 5.59. The summed E-state index contributed by atoms with van der Waals surface area (Å²) in [4.78, 5) is 20.9. The van der Waals surface area contributed by atoms with E-state index in [1.807, 2.05) is 30.3 Å². The van der Waals surface area contributed by atoms with Crippen molar-refractivity contribution in [3.8, 4) is 17.0 Å². The number of ether oxygens (including phenoxy) is 1. The Balaban J connectivity index is 1.16. The number of carbonyl (C=O) groups is 1. The summed E-state index contributed by atoms with van der Waals surface area (Å²) in [7, 11) is -4.55. The molecule has 7 rings (SSSR count). The first-order chi connectivity index (χ1) is 24.2. The zero-order chi connectivity index (χ0) is 34.8. The van der Waals surface area contributed by atoms with Crippen molar-refractivity contribution in [1.82, 2.24) is 15.3 Å². The Labute approximate surface area is 295 Å². The molecule has 0 saturated carbocycles. The number of hydrogen-bond acceptors (Lipinski definition) is 10. The molecule has 250 valence electrons. The second kappa shape index (κ2) is 13.8. The molecule has 0 bridgehead atoms. The topological polar surface area (TPSA) is 169 Å². The number of benzene rings is 4. The first-order valence-corrected chi connectivity index (χ1v) is 17.9. The number of nitrogens with one attached hydrogen (secondary N) is 1. The molecule has 3 heterocycles. The van der Waals surface area contributed by atoms with Crippen LogP contribution in [-0.2, 0) is 10.1 Å². The Morgan fingerprint density at radius 2 is 1.70 bits per heavy atom. The van der Waals surface area contributed by atoms with Gasteiger partial charge in [0.05, 0.1) is 35.3 Å². The maximum Gasteiger partial charge on any atom is 0.295 e. The molecule has 0 fully saturated rings. The minimum Gasteiger partial charge on any atom is -0.493 e. The number of halogens is 1. The van der Waals surface area contributed by atoms with Crippen LogP contribution in [0.2, 0.25) is 5.15 Å². The second-order valence-corrected chi connectivity index (χ2v) is 13.9. The molecule has 7 aromatic rings. The van der Waals surface area contributed by atoms with Crippen LogP contribution in [0.5, 0.6) is 5.75 Å². The van der Waals surface area contributed by atoms with Gasteiger partial charge < -0.3 is 15.8 Å². The molecule has 0 spiro atoms. The van der Waals surface area contributed by atoms with Crippen molar-refractivity contribution in [3.63, 3.8) is 0 Å². The molecule has 0 aliphatic carbocycles. The lowest BCUT2D eigenvalue weighted by atomic mass is 10.0. The summed E-state index contributed by atoms with van der Waals surface area (Å²) in [6.45, 7) is 0.700. The maximum absolute atomic E-state index is 12.5. The van der Waals surface area contributed by atoms with Gasteiger partial charge in [0.1, 0.15) is 27.2 Å². The number of nitrogen functional groups attached to an aromatic ring is 1. The molecule has 1 amide bonds. The number of fused-ring (bicyclic) bond motifs is 4. The van der Waals surface area contributed by atoms with Gasteiger partial charge >= 0.3 is 0 Å². The first kappa shape index (κ1) is 33.0. The largest absolute Gasteiger partial charge is 0.493 e. The lowest BCUT2D eigenvalue weighted by Crippen LogP contribution is -2.26. The van der Waals surface area contributed by atoms with Crippen LogP contribution in [0.15, 0.2) is 119 Å². The highest BCUT2D eigenvalue weighted by atomic mass is 35.5. The molecule has 4 aromatic carbocycles. The third kappa shape index (κ3) is 6.59. The van der Waals surface area contributed by atoms with Crippen LogP contribution in [0.3, 0.4) is 0 Å². The summed E-state index contributed by atoms with van der Waals surface area (Å²) in [5.41, 5.74) is 8.79. The normalized spacial score (nSPS) is 11.9. The number of hydrogen-bond donors (Lipinski definition) is 3. The van der Waals surface area contributed by atoms with Gasteiger partial charge in [-0.3, -0.25) is 14.3 Å². The van der Waals surface area contributed by atoms with E-state index in [1.54, 1.807) is 60.0 Å². The summed E-state index contributed by atoms with van der Waals surface area (Å²) < 4.78 is 42.5. The number of carbonyl (C=O) groups excluding carboxylic acids is 1. The van der Waals surface area contributed by atoms with E-state index in [0.29, 0.717) is 47.7 Å². The van der Waals surface area contributed by atoms with Gasteiger partial charge in [0.15, 0.2) is 0 Å². The second-order valence-electron chi connectivity index (χ2n) is 11.1. The Hall–Kier alpha value is -5.47. The molecule has 0 saturated heterocycles. The number of amides is 1. The minimum atomic E-state index is -4.55. The van der Waals surface area contributed by atoms with Crippen LogP contribution in [0, 0.1) is 0 Å². The highest BCUT2D eigenvalue weighted by Crippen LogP contribution is 2.44. The first-order valence-electron chi connectivity index (χ1n) is 15.3. The SMILES string of the molecule is Nc1c(/N=N/c2ccc(-c3c(OCCCNC(=O)c4cccnc4Cl)ccc4c3sc3ccccc34)nc2)cc(S(=O)(=O)O)c2ccccc12. The fraction of sp³-hybridized carbons (Fsp3) is 0.0833. The van der Waals surface area contributed by atoms with Gasteiger partial charge in [-0.15, -0.1) is 21.6 Å². The number of rotatable bonds is 10. The van der Waals surface area contributed by atoms with E-state index < -0.39 is 10.1 Å². The van der Waals surface area contributed by atoms with Crippen molar-refractivity contribution < 1.29 is 22.5 Å². The van der Waals surface area contributed by atoms with Crippen molar-refractivity contribution in [2.75, 3.05) is 18.9 Å². The Kier molecular flexibility index (Phi) is 9.12. The third-order valence-electron chi connectivity index (χ3n) is 7.96. The van der Waals surface area contributed by atoms with E-state index >= 15 is 0 Å². The Morgan fingerprint density at radius 3 is 2.46 bits per heavy atom.